The van der Waals surface area contributed by atoms with Crippen LogP contribution in [0.3, 0.4) is 0 Å². The number of likely N-dealkylation sites (N-methyl/N-ethyl adjacent to an activating group) is 1. The van der Waals surface area contributed by atoms with E-state index >= 15 is 0 Å². The van der Waals surface area contributed by atoms with E-state index in [2.05, 4.69) is 10.3 Å². The van der Waals surface area contributed by atoms with E-state index in [9.17, 15) is 14.0 Å². The normalized spacial score (nSPS) is 20.4. The van der Waals surface area contributed by atoms with Gasteiger partial charge in [0.15, 0.2) is 6.10 Å². The maximum atomic E-state index is 14.2. The van der Waals surface area contributed by atoms with Crippen LogP contribution in [-0.2, 0) is 14.3 Å². The number of ether oxygens (including phenoxy) is 1. The van der Waals surface area contributed by atoms with Crippen molar-refractivity contribution in [3.8, 4) is 0 Å². The number of anilines is 1. The smallest absolute Gasteiger partial charge is 0.257 e. The lowest BCUT2D eigenvalue weighted by Crippen LogP contribution is -2.51. The standard InChI is InChI=1S/C18H18FN3O3/c1-11-7-8-14(20-9-11)21-18(24)17-16(22(2)15(23)10-25-17)12-5-3-4-6-13(12)19/h3-9,16-17H,10H2,1-2H3,(H,20,21,24)/t16-,17+/m1/s1. The topological polar surface area (TPSA) is 71.5 Å². The van der Waals surface area contributed by atoms with Gasteiger partial charge in [-0.25, -0.2) is 9.37 Å². The van der Waals surface area contributed by atoms with Gasteiger partial charge in [0.2, 0.25) is 5.91 Å². The van der Waals surface area contributed by atoms with Crippen molar-refractivity contribution in [3.05, 3.63) is 59.5 Å². The monoisotopic (exact) mass is 343 g/mol. The first-order valence-corrected chi connectivity index (χ1v) is 7.82. The molecule has 1 aromatic carbocycles. The van der Waals surface area contributed by atoms with Gasteiger partial charge in [0.05, 0.1) is 6.04 Å². The average Bonchev–Trinajstić information content (AvgIpc) is 2.60. The second-order valence-corrected chi connectivity index (χ2v) is 5.91. The molecule has 0 spiro atoms. The number of aryl methyl sites for hydroxylation is 1. The molecule has 0 bridgehead atoms. The Morgan fingerprint density at radius 3 is 2.76 bits per heavy atom. The van der Waals surface area contributed by atoms with Crippen molar-refractivity contribution in [2.24, 2.45) is 0 Å². The molecule has 0 aliphatic carbocycles. The van der Waals surface area contributed by atoms with E-state index in [-0.39, 0.29) is 18.1 Å². The second-order valence-electron chi connectivity index (χ2n) is 5.91. The van der Waals surface area contributed by atoms with Gasteiger partial charge in [0, 0.05) is 18.8 Å². The van der Waals surface area contributed by atoms with Crippen LogP contribution in [0, 0.1) is 12.7 Å². The summed E-state index contributed by atoms with van der Waals surface area (Å²) >= 11 is 0. The Kier molecular flexibility index (Phi) is 4.76. The zero-order valence-corrected chi connectivity index (χ0v) is 13.9. The predicted molar refractivity (Wildman–Crippen MR) is 89.3 cm³/mol. The van der Waals surface area contributed by atoms with Crippen molar-refractivity contribution in [1.29, 1.82) is 0 Å². The zero-order chi connectivity index (χ0) is 18.0. The number of hydrogen-bond donors (Lipinski definition) is 1. The van der Waals surface area contributed by atoms with Crippen molar-refractivity contribution in [2.75, 3.05) is 19.0 Å². The van der Waals surface area contributed by atoms with Crippen LogP contribution in [0.15, 0.2) is 42.6 Å². The molecular weight excluding hydrogens is 325 g/mol. The number of benzene rings is 1. The highest BCUT2D eigenvalue weighted by Gasteiger charge is 2.41. The third-order valence-electron chi connectivity index (χ3n) is 4.13. The van der Waals surface area contributed by atoms with E-state index in [1.54, 1.807) is 30.5 Å². The molecule has 1 saturated heterocycles. The minimum Gasteiger partial charge on any atom is -0.356 e. The first-order valence-electron chi connectivity index (χ1n) is 7.82. The lowest BCUT2D eigenvalue weighted by atomic mass is 9.97. The Hall–Kier alpha value is -2.80. The number of rotatable bonds is 3. The number of morpholine rings is 1. The van der Waals surface area contributed by atoms with Gasteiger partial charge in [-0.3, -0.25) is 9.59 Å². The molecule has 0 unspecified atom stereocenters. The van der Waals surface area contributed by atoms with Gasteiger partial charge in [0.1, 0.15) is 18.2 Å². The van der Waals surface area contributed by atoms with E-state index in [4.69, 9.17) is 4.74 Å². The van der Waals surface area contributed by atoms with E-state index < -0.39 is 23.9 Å². The summed E-state index contributed by atoms with van der Waals surface area (Å²) in [5.74, 6) is -0.926. The molecular formula is C18H18FN3O3. The summed E-state index contributed by atoms with van der Waals surface area (Å²) in [5, 5.41) is 2.66. The number of carbonyl (C=O) groups is 2. The summed E-state index contributed by atoms with van der Waals surface area (Å²) in [4.78, 5) is 30.1. The minimum atomic E-state index is -1.04. The molecule has 1 fully saturated rings. The molecule has 2 aromatic rings. The number of halogens is 1. The largest absolute Gasteiger partial charge is 0.356 e. The van der Waals surface area contributed by atoms with E-state index in [1.165, 1.54) is 18.0 Å². The van der Waals surface area contributed by atoms with E-state index in [0.29, 0.717) is 5.82 Å². The Morgan fingerprint density at radius 2 is 2.08 bits per heavy atom. The first kappa shape index (κ1) is 17.0. The molecule has 1 aliphatic heterocycles. The molecule has 2 heterocycles. The maximum Gasteiger partial charge on any atom is 0.257 e. The number of hydrogen-bond acceptors (Lipinski definition) is 4. The van der Waals surface area contributed by atoms with Gasteiger partial charge < -0.3 is 15.0 Å². The Bertz CT molecular complexity index is 794. The number of amides is 2. The molecule has 2 amide bonds. The fourth-order valence-electron chi connectivity index (χ4n) is 2.76. The highest BCUT2D eigenvalue weighted by atomic mass is 19.1. The summed E-state index contributed by atoms with van der Waals surface area (Å²) < 4.78 is 19.7. The van der Waals surface area contributed by atoms with Gasteiger partial charge >= 0.3 is 0 Å². The first-order chi connectivity index (χ1) is 12.0. The molecule has 0 radical (unpaired) electrons. The molecule has 130 valence electrons. The zero-order valence-electron chi connectivity index (χ0n) is 13.9. The summed E-state index contributed by atoms with van der Waals surface area (Å²) in [7, 11) is 1.53. The highest BCUT2D eigenvalue weighted by Crippen LogP contribution is 2.31. The second kappa shape index (κ2) is 6.98. The SMILES string of the molecule is Cc1ccc(NC(=O)[C@H]2OCC(=O)N(C)[C@@H]2c2ccccc2F)nc1. The molecule has 3 rings (SSSR count). The van der Waals surface area contributed by atoms with Crippen molar-refractivity contribution in [3.63, 3.8) is 0 Å². The molecule has 2 atom stereocenters. The van der Waals surface area contributed by atoms with Crippen molar-refractivity contribution >= 4 is 17.6 Å². The van der Waals surface area contributed by atoms with Crippen LogP contribution >= 0.6 is 0 Å². The number of pyridine rings is 1. The molecule has 1 aromatic heterocycles. The van der Waals surface area contributed by atoms with Crippen LogP contribution in [-0.4, -0.2) is 41.5 Å². The van der Waals surface area contributed by atoms with Crippen LogP contribution in [0.5, 0.6) is 0 Å². The van der Waals surface area contributed by atoms with Crippen LogP contribution in [0.4, 0.5) is 10.2 Å². The quantitative estimate of drug-likeness (QED) is 0.926. The van der Waals surface area contributed by atoms with Crippen molar-refractivity contribution in [1.82, 2.24) is 9.88 Å². The van der Waals surface area contributed by atoms with Crippen LogP contribution in [0.2, 0.25) is 0 Å². The van der Waals surface area contributed by atoms with Gasteiger partial charge in [-0.1, -0.05) is 24.3 Å². The molecule has 1 N–H and O–H groups in total. The fourth-order valence-corrected chi connectivity index (χ4v) is 2.76. The third kappa shape index (κ3) is 3.51. The number of aromatic nitrogens is 1. The molecule has 0 saturated carbocycles. The summed E-state index contributed by atoms with van der Waals surface area (Å²) in [6.45, 7) is 1.65. The fraction of sp³-hybridized carbons (Fsp3) is 0.278. The average molecular weight is 343 g/mol. The van der Waals surface area contributed by atoms with Crippen LogP contribution in [0.1, 0.15) is 17.2 Å². The Balaban J connectivity index is 1.89. The van der Waals surface area contributed by atoms with Gasteiger partial charge in [-0.2, -0.15) is 0 Å². The maximum absolute atomic E-state index is 14.2. The Labute approximate surface area is 144 Å². The third-order valence-corrected chi connectivity index (χ3v) is 4.13. The molecule has 1 aliphatic rings. The lowest BCUT2D eigenvalue weighted by Gasteiger charge is -2.38. The predicted octanol–water partition coefficient (Wildman–Crippen LogP) is 2.07. The summed E-state index contributed by atoms with van der Waals surface area (Å²) in [6.07, 6.45) is 0.587. The number of nitrogens with one attached hydrogen (secondary N) is 1. The summed E-state index contributed by atoms with van der Waals surface area (Å²) in [5.41, 5.74) is 1.19. The van der Waals surface area contributed by atoms with Gasteiger partial charge in [0.25, 0.3) is 5.91 Å². The van der Waals surface area contributed by atoms with Gasteiger partial charge in [-0.05, 0) is 24.6 Å². The summed E-state index contributed by atoms with van der Waals surface area (Å²) in [6, 6.07) is 8.67. The Morgan fingerprint density at radius 1 is 1.32 bits per heavy atom. The number of carbonyl (C=O) groups excluding carboxylic acids is 2. The molecule has 7 heteroatoms. The molecule has 6 nitrogen and oxygen atoms in total. The minimum absolute atomic E-state index is 0.232. The highest BCUT2D eigenvalue weighted by molar-refractivity contribution is 5.95. The van der Waals surface area contributed by atoms with Crippen LogP contribution < -0.4 is 5.32 Å². The lowest BCUT2D eigenvalue weighted by molar-refractivity contribution is -0.160. The van der Waals surface area contributed by atoms with Gasteiger partial charge in [-0.15, -0.1) is 0 Å². The van der Waals surface area contributed by atoms with E-state index in [0.717, 1.165) is 5.56 Å². The van der Waals surface area contributed by atoms with E-state index in [1.807, 2.05) is 13.0 Å². The van der Waals surface area contributed by atoms with Crippen molar-refractivity contribution < 1.29 is 18.7 Å². The van der Waals surface area contributed by atoms with Crippen LogP contribution in [0.25, 0.3) is 0 Å². The van der Waals surface area contributed by atoms with Crippen molar-refractivity contribution in [2.45, 2.75) is 19.1 Å². The molecule has 25 heavy (non-hydrogen) atoms. The number of nitrogens with zero attached hydrogens (tertiary/aromatic N) is 2.